The van der Waals surface area contributed by atoms with E-state index in [0.717, 1.165) is 22.5 Å². The number of carbonyl (C=O) groups excluding carboxylic acids is 2. The summed E-state index contributed by atoms with van der Waals surface area (Å²) < 4.78 is 30.7. The lowest BCUT2D eigenvalue weighted by molar-refractivity contribution is -0.154. The molecule has 0 saturated carbocycles. The fourth-order valence-electron chi connectivity index (χ4n) is 6.04. The Kier molecular flexibility index (Phi) is 12.9. The molecule has 47 heavy (non-hydrogen) atoms. The molecule has 3 unspecified atom stereocenters. The molecule has 2 aromatic carbocycles. The molecule has 1 aliphatic heterocycles. The normalized spacial score (nSPS) is 19.3. The number of hydrogen-bond acceptors (Lipinski definition) is 9. The molecule has 0 spiro atoms. The van der Waals surface area contributed by atoms with Gasteiger partial charge in [-0.15, -0.1) is 0 Å². The first-order valence-electron chi connectivity index (χ1n) is 16.1. The lowest BCUT2D eigenvalue weighted by Gasteiger charge is -2.42. The van der Waals surface area contributed by atoms with Crippen molar-refractivity contribution in [3.63, 3.8) is 0 Å². The number of esters is 2. The van der Waals surface area contributed by atoms with Gasteiger partial charge in [0, 0.05) is 30.0 Å². The zero-order valence-corrected chi connectivity index (χ0v) is 29.3. The second-order valence-corrected chi connectivity index (χ2v) is 14.7. The average molecular weight is 685 g/mol. The summed E-state index contributed by atoms with van der Waals surface area (Å²) in [6, 6.07) is 19.6. The molecule has 0 amide bonds. The zero-order chi connectivity index (χ0) is 34.0. The highest BCUT2D eigenvalue weighted by atomic mass is 32.2. The molecule has 4 N–H and O–H groups in total. The fraction of sp³-hybridized carbons (Fsp3) is 0.429. The van der Waals surface area contributed by atoms with E-state index < -0.39 is 41.4 Å². The van der Waals surface area contributed by atoms with Crippen LogP contribution in [0.25, 0.3) is 0 Å². The summed E-state index contributed by atoms with van der Waals surface area (Å²) in [5.41, 5.74) is 8.64. The van der Waals surface area contributed by atoms with Crippen molar-refractivity contribution >= 4 is 37.8 Å². The van der Waals surface area contributed by atoms with Crippen molar-refractivity contribution in [1.29, 1.82) is 0 Å². The van der Waals surface area contributed by atoms with Crippen LogP contribution in [0, 0.1) is 5.92 Å². The third kappa shape index (κ3) is 8.58. The van der Waals surface area contributed by atoms with Gasteiger partial charge in [0.05, 0.1) is 13.2 Å². The van der Waals surface area contributed by atoms with E-state index in [1.165, 1.54) is 11.8 Å². The predicted octanol–water partition coefficient (Wildman–Crippen LogP) is 6.39. The van der Waals surface area contributed by atoms with Crippen LogP contribution in [0.2, 0.25) is 0 Å². The molecule has 0 saturated heterocycles. The Morgan fingerprint density at radius 3 is 1.87 bits per heavy atom. The number of nitrogens with two attached hydrogens (primary N) is 1. The number of quaternary nitrogens is 1. The van der Waals surface area contributed by atoms with E-state index in [0.29, 0.717) is 18.8 Å². The smallest absolute Gasteiger partial charge is 0.377 e. The Bertz CT molecular complexity index is 1470. The molecule has 3 aromatic rings. The number of ether oxygens (including phenoxy) is 2. The molecule has 5 atom stereocenters. The first kappa shape index (κ1) is 36.5. The third-order valence-electron chi connectivity index (χ3n) is 8.19. The van der Waals surface area contributed by atoms with E-state index in [4.69, 9.17) is 19.6 Å². The van der Waals surface area contributed by atoms with Crippen LogP contribution < -0.4 is 15.3 Å². The summed E-state index contributed by atoms with van der Waals surface area (Å²) in [6.45, 7) is 7.67. The van der Waals surface area contributed by atoms with Crippen LogP contribution in [0.15, 0.2) is 88.3 Å². The number of benzene rings is 2. The summed E-state index contributed by atoms with van der Waals surface area (Å²) in [5.74, 6) is -0.763. The van der Waals surface area contributed by atoms with Gasteiger partial charge in [-0.05, 0) is 56.2 Å². The average Bonchev–Trinajstić information content (AvgIpc) is 3.69. The minimum absolute atomic E-state index is 0.0341. The van der Waals surface area contributed by atoms with Gasteiger partial charge in [0.15, 0.2) is 22.8 Å². The van der Waals surface area contributed by atoms with Gasteiger partial charge in [-0.2, -0.15) is 4.25 Å². The Morgan fingerprint density at radius 2 is 1.43 bits per heavy atom. The molecule has 0 fully saturated rings. The van der Waals surface area contributed by atoms with Gasteiger partial charge in [0.2, 0.25) is 0 Å². The van der Waals surface area contributed by atoms with Gasteiger partial charge in [-0.25, -0.2) is 14.2 Å². The van der Waals surface area contributed by atoms with Crippen LogP contribution >= 0.6 is 19.9 Å². The molecule has 1 aliphatic rings. The van der Waals surface area contributed by atoms with E-state index >= 15 is 0 Å². The first-order valence-corrected chi connectivity index (χ1v) is 18.3. The second-order valence-electron chi connectivity index (χ2n) is 12.0. The monoisotopic (exact) mass is 684 g/mol. The molecular weight excluding hydrogens is 637 g/mol. The van der Waals surface area contributed by atoms with Crippen LogP contribution in [0.5, 0.6) is 0 Å². The molecule has 12 heteroatoms. The number of rotatable bonds is 17. The maximum Gasteiger partial charge on any atom is 0.377 e. The Balaban J connectivity index is 1.89. The standard InChI is InChI=1S/C35H46N3O7PS/c1-5-43-33(39)29(19-17-26-13-9-7-10-14-26)38(46(41)42,30(34(40)44-6-2)20-18-27-15-11-8-12-16-27)32-22-21-31(45-32)35(36)37-24-28(47-35)23-25(3)4/h7-16,21-22,24-25,29-30,37,46H,5-6,17-20,23,36H2,1-4H3/p+1/t29-,30+,35?,38?. The third-order valence-corrected chi connectivity index (χ3v) is 10.9. The van der Waals surface area contributed by atoms with Gasteiger partial charge in [0.1, 0.15) is 0 Å². The van der Waals surface area contributed by atoms with Crippen molar-refractivity contribution in [2.24, 2.45) is 11.7 Å². The number of aryl methyl sites for hydroxylation is 2. The van der Waals surface area contributed by atoms with Gasteiger partial charge >= 0.3 is 26.0 Å². The van der Waals surface area contributed by atoms with Crippen molar-refractivity contribution in [3.05, 3.63) is 101 Å². The van der Waals surface area contributed by atoms with E-state index in [1.54, 1.807) is 26.0 Å². The van der Waals surface area contributed by atoms with Crippen LogP contribution in [0.4, 0.5) is 5.88 Å². The number of nitrogens with one attached hydrogen (secondary N) is 1. The number of carbonyl (C=O) groups is 2. The molecule has 4 rings (SSSR count). The summed E-state index contributed by atoms with van der Waals surface area (Å²) >= 11 is 1.40. The molecule has 1 aromatic heterocycles. The van der Waals surface area contributed by atoms with Gasteiger partial charge < -0.3 is 24.1 Å². The van der Waals surface area contributed by atoms with Gasteiger partial charge in [-0.3, -0.25) is 5.73 Å². The number of hydrogen-bond donors (Lipinski definition) is 3. The molecule has 254 valence electrons. The first-order chi connectivity index (χ1) is 22.5. The molecular formula is C35H47N3O7PS+. The Labute approximate surface area is 282 Å². The molecule has 10 nitrogen and oxygen atoms in total. The number of thioether (sulfide) groups is 1. The minimum atomic E-state index is -3.86. The number of furan rings is 1. The second kappa shape index (κ2) is 16.7. The van der Waals surface area contributed by atoms with Crippen molar-refractivity contribution in [2.45, 2.75) is 76.9 Å². The molecule has 0 radical (unpaired) electrons. The van der Waals surface area contributed by atoms with Crippen molar-refractivity contribution in [1.82, 2.24) is 9.57 Å². The Hall–Kier alpha value is -3.34. The van der Waals surface area contributed by atoms with Crippen molar-refractivity contribution in [2.75, 3.05) is 13.2 Å². The largest absolute Gasteiger partial charge is 0.462 e. The van der Waals surface area contributed by atoms with Crippen molar-refractivity contribution < 1.29 is 32.9 Å². The quantitative estimate of drug-likeness (QED) is 0.108. The summed E-state index contributed by atoms with van der Waals surface area (Å²) in [7, 11) is -3.86. The van der Waals surface area contributed by atoms with E-state index in [1.807, 2.05) is 66.9 Å². The van der Waals surface area contributed by atoms with Crippen LogP contribution in [-0.2, 0) is 41.5 Å². The highest BCUT2D eigenvalue weighted by molar-refractivity contribution is 8.04. The molecule has 2 heterocycles. The van der Waals surface area contributed by atoms with Crippen LogP contribution in [0.3, 0.4) is 0 Å². The SMILES string of the molecule is CCOC(=O)[C@@H](CCc1ccccc1)[N+](c1ccc(C2(N)NC=C(CC(C)C)S2)o1)([C@@H](CCc1ccccc1)C(=O)OCC)[PH](=O)O. The molecule has 0 aliphatic carbocycles. The Morgan fingerprint density at radius 1 is 0.915 bits per heavy atom. The lowest BCUT2D eigenvalue weighted by Crippen LogP contribution is -2.64. The highest BCUT2D eigenvalue weighted by Crippen LogP contribution is 2.51. The topological polar surface area (TPSA) is 141 Å². The number of nitrogens with zero attached hydrogens (tertiary/aromatic N) is 1. The lowest BCUT2D eigenvalue weighted by atomic mass is 9.99. The fourth-order valence-corrected chi connectivity index (χ4v) is 8.62. The maximum atomic E-state index is 14.1. The minimum Gasteiger partial charge on any atom is -0.462 e. The number of allylic oxidation sites excluding steroid dienone is 1. The van der Waals surface area contributed by atoms with E-state index in [2.05, 4.69) is 19.2 Å². The summed E-state index contributed by atoms with van der Waals surface area (Å²) in [5, 5.41) is 3.20. The molecule has 0 bridgehead atoms. The van der Waals surface area contributed by atoms with Crippen LogP contribution in [0.1, 0.15) is 63.8 Å². The van der Waals surface area contributed by atoms with E-state index in [9.17, 15) is 19.0 Å². The zero-order valence-electron chi connectivity index (χ0n) is 27.5. The van der Waals surface area contributed by atoms with Crippen molar-refractivity contribution in [3.8, 4) is 0 Å². The van der Waals surface area contributed by atoms with Gasteiger partial charge in [0.25, 0.3) is 0 Å². The highest BCUT2D eigenvalue weighted by Gasteiger charge is 2.59. The maximum absolute atomic E-state index is 14.1. The van der Waals surface area contributed by atoms with Gasteiger partial charge in [-0.1, -0.05) is 86.3 Å². The van der Waals surface area contributed by atoms with E-state index in [-0.39, 0.29) is 37.7 Å². The van der Waals surface area contributed by atoms with Crippen LogP contribution in [-0.4, -0.2) is 42.1 Å². The predicted molar refractivity (Wildman–Crippen MR) is 186 cm³/mol. The summed E-state index contributed by atoms with van der Waals surface area (Å²) in [4.78, 5) is 39.4. The summed E-state index contributed by atoms with van der Waals surface area (Å²) in [6.07, 6.45) is 3.61.